The Labute approximate surface area is 248 Å². The predicted octanol–water partition coefficient (Wildman–Crippen LogP) is 6.30. The highest BCUT2D eigenvalue weighted by Gasteiger charge is 2.31. The minimum absolute atomic E-state index is 0.0595. The van der Waals surface area contributed by atoms with Crippen molar-refractivity contribution in [3.05, 3.63) is 82.6 Å². The number of nitrogens with zero attached hydrogens (tertiary/aromatic N) is 2. The fourth-order valence-electron chi connectivity index (χ4n) is 5.61. The van der Waals surface area contributed by atoms with Gasteiger partial charge in [0.15, 0.2) is 0 Å². The minimum atomic E-state index is -4.05. The number of ether oxygens (including phenoxy) is 1. The number of hydrogen-bond donors (Lipinski definition) is 1. The quantitative estimate of drug-likeness (QED) is 0.280. The van der Waals surface area contributed by atoms with Crippen LogP contribution in [0.2, 0.25) is 5.02 Å². The SMILES string of the molecule is CCCCc1cc(Cl)ccc1[C@@H]1COc2ccc(S(=O)(=O)NC(=O)CCc3ccncc3)cc2N(CC2CCC2)C1. The first kappa shape index (κ1) is 29.4. The lowest BCUT2D eigenvalue weighted by Crippen LogP contribution is -2.36. The smallest absolute Gasteiger partial charge is 0.264 e. The Kier molecular flexibility index (Phi) is 9.50. The Hall–Kier alpha value is -3.10. The zero-order chi connectivity index (χ0) is 28.8. The number of carbonyl (C=O) groups excluding carboxylic acids is 1. The zero-order valence-electron chi connectivity index (χ0n) is 23.5. The first-order valence-corrected chi connectivity index (χ1v) is 16.4. The second-order valence-corrected chi connectivity index (χ2v) is 13.3. The molecular weight excluding hydrogens is 558 g/mol. The molecule has 0 unspecified atom stereocenters. The van der Waals surface area contributed by atoms with Crippen LogP contribution in [-0.2, 0) is 27.7 Å². The molecule has 0 radical (unpaired) electrons. The summed E-state index contributed by atoms with van der Waals surface area (Å²) in [7, 11) is -4.05. The average molecular weight is 596 g/mol. The maximum atomic E-state index is 13.3. The molecule has 2 aromatic carbocycles. The van der Waals surface area contributed by atoms with Crippen LogP contribution in [-0.4, -0.2) is 39.0 Å². The number of rotatable bonds is 11. The summed E-state index contributed by atoms with van der Waals surface area (Å²) in [5.41, 5.74) is 4.17. The van der Waals surface area contributed by atoms with Crippen molar-refractivity contribution < 1.29 is 17.9 Å². The van der Waals surface area contributed by atoms with Crippen LogP contribution in [0, 0.1) is 5.92 Å². The van der Waals surface area contributed by atoms with Gasteiger partial charge in [-0.25, -0.2) is 13.1 Å². The standard InChI is InChI=1S/C32H38ClN3O4S/c1-2-3-7-25-18-27(33)9-11-29(25)26-21-36(20-24-5-4-6-24)30-19-28(10-12-31(30)40-22-26)41(38,39)35-32(37)13-8-23-14-16-34-17-15-23/h9-12,14-19,24,26H,2-8,13,20-22H2,1H3,(H,35,37)/t26-/m0/s1. The maximum absolute atomic E-state index is 13.3. The number of amides is 1. The van der Waals surface area contributed by atoms with Gasteiger partial charge in [0.05, 0.1) is 17.2 Å². The molecule has 218 valence electrons. The summed E-state index contributed by atoms with van der Waals surface area (Å²) < 4.78 is 35.1. The van der Waals surface area contributed by atoms with E-state index in [-0.39, 0.29) is 17.2 Å². The van der Waals surface area contributed by atoms with E-state index < -0.39 is 15.9 Å². The molecule has 0 spiro atoms. The predicted molar refractivity (Wildman–Crippen MR) is 162 cm³/mol. The Morgan fingerprint density at radius 2 is 1.90 bits per heavy atom. The number of halogens is 1. The number of aryl methyl sites for hydroxylation is 2. The molecule has 7 nitrogen and oxygen atoms in total. The molecule has 5 rings (SSSR count). The van der Waals surface area contributed by atoms with Crippen LogP contribution in [0.1, 0.15) is 68.1 Å². The number of carbonyl (C=O) groups is 1. The monoisotopic (exact) mass is 595 g/mol. The molecule has 1 saturated carbocycles. The maximum Gasteiger partial charge on any atom is 0.264 e. The van der Waals surface area contributed by atoms with E-state index in [1.54, 1.807) is 24.5 Å². The third-order valence-corrected chi connectivity index (χ3v) is 9.75. The molecule has 1 amide bonds. The van der Waals surface area contributed by atoms with Crippen LogP contribution in [0.4, 0.5) is 5.69 Å². The number of hydrogen-bond acceptors (Lipinski definition) is 6. The van der Waals surface area contributed by atoms with Gasteiger partial charge in [-0.15, -0.1) is 0 Å². The molecule has 0 bridgehead atoms. The second-order valence-electron chi connectivity index (χ2n) is 11.2. The van der Waals surface area contributed by atoms with Gasteiger partial charge in [-0.3, -0.25) is 9.78 Å². The Bertz CT molecular complexity index is 1460. The molecule has 1 N–H and O–H groups in total. The van der Waals surface area contributed by atoms with Gasteiger partial charge in [0.2, 0.25) is 5.91 Å². The van der Waals surface area contributed by atoms with Crippen LogP contribution in [0.3, 0.4) is 0 Å². The van der Waals surface area contributed by atoms with E-state index >= 15 is 0 Å². The van der Waals surface area contributed by atoms with E-state index in [1.807, 2.05) is 18.2 Å². The fraction of sp³-hybridized carbons (Fsp3) is 0.438. The van der Waals surface area contributed by atoms with Crippen molar-refractivity contribution in [2.24, 2.45) is 5.92 Å². The van der Waals surface area contributed by atoms with Crippen LogP contribution >= 0.6 is 11.6 Å². The topological polar surface area (TPSA) is 88.6 Å². The summed E-state index contributed by atoms with van der Waals surface area (Å²) in [4.78, 5) is 18.9. The molecule has 2 aliphatic rings. The minimum Gasteiger partial charge on any atom is -0.491 e. The summed E-state index contributed by atoms with van der Waals surface area (Å²) >= 11 is 6.38. The summed E-state index contributed by atoms with van der Waals surface area (Å²) in [5.74, 6) is 0.805. The summed E-state index contributed by atoms with van der Waals surface area (Å²) in [6.07, 6.45) is 10.5. The molecule has 2 heterocycles. The van der Waals surface area contributed by atoms with Gasteiger partial charge in [-0.1, -0.05) is 37.4 Å². The number of benzene rings is 2. The number of anilines is 1. The Morgan fingerprint density at radius 3 is 2.63 bits per heavy atom. The molecule has 1 atom stereocenters. The molecule has 9 heteroatoms. The molecule has 1 aliphatic heterocycles. The zero-order valence-corrected chi connectivity index (χ0v) is 25.1. The van der Waals surface area contributed by atoms with Crippen molar-refractivity contribution in [1.82, 2.24) is 9.71 Å². The van der Waals surface area contributed by atoms with Gasteiger partial charge in [-0.05, 0) is 97.2 Å². The van der Waals surface area contributed by atoms with Gasteiger partial charge in [-0.2, -0.15) is 0 Å². The van der Waals surface area contributed by atoms with Crippen molar-refractivity contribution in [2.45, 2.75) is 69.1 Å². The van der Waals surface area contributed by atoms with Crippen LogP contribution in [0.15, 0.2) is 65.8 Å². The van der Waals surface area contributed by atoms with Crippen molar-refractivity contribution in [3.8, 4) is 5.75 Å². The molecule has 1 aliphatic carbocycles. The first-order chi connectivity index (χ1) is 19.8. The highest BCUT2D eigenvalue weighted by atomic mass is 35.5. The van der Waals surface area contributed by atoms with E-state index in [1.165, 1.54) is 36.5 Å². The van der Waals surface area contributed by atoms with Gasteiger partial charge < -0.3 is 9.64 Å². The normalized spacial score (nSPS) is 17.2. The number of nitrogens with one attached hydrogen (secondary N) is 1. The second kappa shape index (κ2) is 13.3. The average Bonchev–Trinajstić information content (AvgIpc) is 3.12. The van der Waals surface area contributed by atoms with E-state index in [9.17, 15) is 13.2 Å². The van der Waals surface area contributed by atoms with Crippen molar-refractivity contribution in [1.29, 1.82) is 0 Å². The number of fused-ring (bicyclic) bond motifs is 1. The van der Waals surface area contributed by atoms with E-state index in [0.717, 1.165) is 42.1 Å². The van der Waals surface area contributed by atoms with Crippen molar-refractivity contribution in [3.63, 3.8) is 0 Å². The lowest BCUT2D eigenvalue weighted by atomic mass is 9.84. The van der Waals surface area contributed by atoms with E-state index in [0.29, 0.717) is 31.2 Å². The highest BCUT2D eigenvalue weighted by molar-refractivity contribution is 7.90. The van der Waals surface area contributed by atoms with Gasteiger partial charge in [0, 0.05) is 42.8 Å². The first-order valence-electron chi connectivity index (χ1n) is 14.6. The molecular formula is C32H38ClN3O4S. The van der Waals surface area contributed by atoms with Crippen LogP contribution < -0.4 is 14.4 Å². The van der Waals surface area contributed by atoms with Crippen LogP contribution in [0.25, 0.3) is 0 Å². The van der Waals surface area contributed by atoms with Crippen LogP contribution in [0.5, 0.6) is 5.75 Å². The highest BCUT2D eigenvalue weighted by Crippen LogP contribution is 2.39. The molecule has 41 heavy (non-hydrogen) atoms. The van der Waals surface area contributed by atoms with Gasteiger partial charge in [0.25, 0.3) is 10.0 Å². The number of unbranched alkanes of at least 4 members (excludes halogenated alkanes) is 1. The van der Waals surface area contributed by atoms with Crippen molar-refractivity contribution >= 4 is 33.2 Å². The van der Waals surface area contributed by atoms with Crippen molar-refractivity contribution in [2.75, 3.05) is 24.6 Å². The fourth-order valence-corrected chi connectivity index (χ4v) is 6.84. The molecule has 3 aromatic rings. The Balaban J connectivity index is 1.38. The van der Waals surface area contributed by atoms with Gasteiger partial charge >= 0.3 is 0 Å². The van der Waals surface area contributed by atoms with E-state index in [4.69, 9.17) is 16.3 Å². The molecule has 1 fully saturated rings. The lowest BCUT2D eigenvalue weighted by molar-refractivity contribution is -0.119. The third kappa shape index (κ3) is 7.41. The third-order valence-electron chi connectivity index (χ3n) is 8.15. The number of pyridine rings is 1. The summed E-state index contributed by atoms with van der Waals surface area (Å²) in [6.45, 7) is 4.23. The van der Waals surface area contributed by atoms with E-state index in [2.05, 4.69) is 33.7 Å². The lowest BCUT2D eigenvalue weighted by Gasteiger charge is -2.35. The number of aromatic nitrogens is 1. The largest absolute Gasteiger partial charge is 0.491 e. The van der Waals surface area contributed by atoms with Gasteiger partial charge in [0.1, 0.15) is 5.75 Å². The molecule has 0 saturated heterocycles. The molecule has 1 aromatic heterocycles. The summed E-state index contributed by atoms with van der Waals surface area (Å²) in [6, 6.07) is 14.7. The summed E-state index contributed by atoms with van der Waals surface area (Å²) in [5, 5.41) is 0.738. The Morgan fingerprint density at radius 1 is 1.10 bits per heavy atom. The number of sulfonamides is 1.